The molecule has 2 heterocycles. The van der Waals surface area contributed by atoms with Gasteiger partial charge in [0.2, 0.25) is 0 Å². The number of anilines is 1. The van der Waals surface area contributed by atoms with Crippen molar-refractivity contribution >= 4 is 27.4 Å². The first kappa shape index (κ1) is 14.0. The smallest absolute Gasteiger partial charge is 0.138 e. The summed E-state index contributed by atoms with van der Waals surface area (Å²) in [6.07, 6.45) is 1.63. The Bertz CT molecular complexity index is 721. The third-order valence-corrected chi connectivity index (χ3v) is 4.19. The summed E-state index contributed by atoms with van der Waals surface area (Å²) in [5, 5.41) is 6.71. The molecule has 4 nitrogen and oxygen atoms in total. The minimum Gasteiger partial charge on any atom is -0.368 e. The number of aromatic nitrogens is 2. The zero-order chi connectivity index (χ0) is 14.7. The third kappa shape index (κ3) is 3.04. The summed E-state index contributed by atoms with van der Waals surface area (Å²) >= 11 is 1.66. The summed E-state index contributed by atoms with van der Waals surface area (Å²) in [7, 11) is 4.13. The highest BCUT2D eigenvalue weighted by molar-refractivity contribution is 7.17. The molecule has 0 unspecified atom stereocenters. The van der Waals surface area contributed by atoms with Gasteiger partial charge in [-0.15, -0.1) is 11.3 Å². The van der Waals surface area contributed by atoms with Gasteiger partial charge in [0.15, 0.2) is 0 Å². The van der Waals surface area contributed by atoms with Crippen LogP contribution in [-0.4, -0.2) is 42.1 Å². The fraction of sp³-hybridized carbons (Fsp3) is 0.250. The molecule has 108 valence electrons. The van der Waals surface area contributed by atoms with Gasteiger partial charge in [-0.1, -0.05) is 30.3 Å². The molecule has 0 fully saturated rings. The van der Waals surface area contributed by atoms with Gasteiger partial charge in [0.05, 0.1) is 5.39 Å². The number of rotatable bonds is 5. The summed E-state index contributed by atoms with van der Waals surface area (Å²) in [5.41, 5.74) is 2.40. The van der Waals surface area contributed by atoms with Gasteiger partial charge in [-0.2, -0.15) is 0 Å². The largest absolute Gasteiger partial charge is 0.368 e. The molecule has 3 rings (SSSR count). The molecular weight excluding hydrogens is 280 g/mol. The first-order valence-electron chi connectivity index (χ1n) is 6.92. The Balaban J connectivity index is 1.99. The number of likely N-dealkylation sites (N-methyl/N-ethyl adjacent to an activating group) is 1. The lowest BCUT2D eigenvalue weighted by atomic mass is 10.1. The van der Waals surface area contributed by atoms with Crippen LogP contribution in [0.25, 0.3) is 21.3 Å². The van der Waals surface area contributed by atoms with Crippen LogP contribution in [0.4, 0.5) is 5.82 Å². The molecule has 0 amide bonds. The highest BCUT2D eigenvalue weighted by Gasteiger charge is 2.12. The van der Waals surface area contributed by atoms with E-state index in [1.54, 1.807) is 17.7 Å². The Morgan fingerprint density at radius 3 is 2.71 bits per heavy atom. The molecule has 0 spiro atoms. The Labute approximate surface area is 128 Å². The lowest BCUT2D eigenvalue weighted by Gasteiger charge is -2.12. The third-order valence-electron chi connectivity index (χ3n) is 3.31. The number of hydrogen-bond acceptors (Lipinski definition) is 5. The van der Waals surface area contributed by atoms with Gasteiger partial charge in [-0.25, -0.2) is 9.97 Å². The van der Waals surface area contributed by atoms with E-state index in [4.69, 9.17) is 0 Å². The molecule has 0 radical (unpaired) electrons. The van der Waals surface area contributed by atoms with Crippen molar-refractivity contribution < 1.29 is 0 Å². The van der Waals surface area contributed by atoms with E-state index in [2.05, 4.69) is 63.9 Å². The van der Waals surface area contributed by atoms with Crippen molar-refractivity contribution in [2.75, 3.05) is 32.5 Å². The Kier molecular flexibility index (Phi) is 4.13. The number of hydrogen-bond donors (Lipinski definition) is 1. The van der Waals surface area contributed by atoms with Gasteiger partial charge >= 0.3 is 0 Å². The fourth-order valence-corrected chi connectivity index (χ4v) is 3.15. The second-order valence-electron chi connectivity index (χ2n) is 5.15. The van der Waals surface area contributed by atoms with E-state index < -0.39 is 0 Å². The fourth-order valence-electron chi connectivity index (χ4n) is 2.24. The molecular formula is C16H18N4S. The monoisotopic (exact) mass is 298 g/mol. The molecule has 0 aliphatic carbocycles. The topological polar surface area (TPSA) is 41.0 Å². The summed E-state index contributed by atoms with van der Waals surface area (Å²) in [4.78, 5) is 12.0. The minimum absolute atomic E-state index is 0.864. The number of fused-ring (bicyclic) bond motifs is 1. The van der Waals surface area contributed by atoms with E-state index in [1.165, 1.54) is 11.1 Å². The molecule has 0 saturated heterocycles. The van der Waals surface area contributed by atoms with E-state index in [-0.39, 0.29) is 0 Å². The number of nitrogens with zero attached hydrogens (tertiary/aromatic N) is 3. The molecule has 1 N–H and O–H groups in total. The van der Waals surface area contributed by atoms with E-state index in [0.29, 0.717) is 0 Å². The van der Waals surface area contributed by atoms with Gasteiger partial charge in [0.25, 0.3) is 0 Å². The zero-order valence-electron chi connectivity index (χ0n) is 12.2. The van der Waals surface area contributed by atoms with Gasteiger partial charge < -0.3 is 10.2 Å². The van der Waals surface area contributed by atoms with Gasteiger partial charge in [-0.3, -0.25) is 0 Å². The molecule has 21 heavy (non-hydrogen) atoms. The predicted molar refractivity (Wildman–Crippen MR) is 89.9 cm³/mol. The summed E-state index contributed by atoms with van der Waals surface area (Å²) in [5.74, 6) is 0.918. The van der Waals surface area contributed by atoms with Gasteiger partial charge in [0.1, 0.15) is 17.0 Å². The standard InChI is InChI=1S/C16H18N4S/c1-20(2)9-8-17-15-14-13(12-6-4-3-5-7-12)10-21-16(14)19-11-18-15/h3-7,10-11H,8-9H2,1-2H3,(H,17,18,19). The lowest BCUT2D eigenvalue weighted by Crippen LogP contribution is -2.21. The second-order valence-corrected chi connectivity index (χ2v) is 6.01. The summed E-state index contributed by atoms with van der Waals surface area (Å²) in [6.45, 7) is 1.83. The first-order valence-corrected chi connectivity index (χ1v) is 7.80. The van der Waals surface area contributed by atoms with Crippen molar-refractivity contribution in [3.05, 3.63) is 42.0 Å². The Morgan fingerprint density at radius 2 is 1.95 bits per heavy atom. The molecule has 0 aliphatic heterocycles. The molecule has 3 aromatic rings. The van der Waals surface area contributed by atoms with Crippen LogP contribution < -0.4 is 5.32 Å². The molecule has 5 heteroatoms. The molecule has 0 bridgehead atoms. The summed E-state index contributed by atoms with van der Waals surface area (Å²) < 4.78 is 0. The van der Waals surface area contributed by atoms with Crippen LogP contribution in [-0.2, 0) is 0 Å². The predicted octanol–water partition coefficient (Wildman–Crippen LogP) is 3.33. The van der Waals surface area contributed by atoms with E-state index >= 15 is 0 Å². The number of benzene rings is 1. The van der Waals surface area contributed by atoms with Crippen LogP contribution in [0.3, 0.4) is 0 Å². The molecule has 1 aromatic carbocycles. The average molecular weight is 298 g/mol. The Morgan fingerprint density at radius 1 is 1.14 bits per heavy atom. The van der Waals surface area contributed by atoms with Gasteiger partial charge in [0, 0.05) is 24.0 Å². The van der Waals surface area contributed by atoms with Crippen LogP contribution in [0.15, 0.2) is 42.0 Å². The van der Waals surface area contributed by atoms with Crippen molar-refractivity contribution in [2.45, 2.75) is 0 Å². The molecule has 0 aliphatic rings. The van der Waals surface area contributed by atoms with E-state index in [9.17, 15) is 0 Å². The molecule has 0 atom stereocenters. The maximum absolute atomic E-state index is 4.43. The maximum atomic E-state index is 4.43. The van der Waals surface area contributed by atoms with Crippen LogP contribution in [0, 0.1) is 0 Å². The van der Waals surface area contributed by atoms with Crippen molar-refractivity contribution in [3.63, 3.8) is 0 Å². The minimum atomic E-state index is 0.864. The van der Waals surface area contributed by atoms with E-state index in [1.807, 2.05) is 6.07 Å². The van der Waals surface area contributed by atoms with Crippen LogP contribution >= 0.6 is 11.3 Å². The van der Waals surface area contributed by atoms with Crippen LogP contribution in [0.1, 0.15) is 0 Å². The van der Waals surface area contributed by atoms with Crippen molar-refractivity contribution in [2.24, 2.45) is 0 Å². The normalized spacial score (nSPS) is 11.2. The number of thiophene rings is 1. The quantitative estimate of drug-likeness (QED) is 0.784. The highest BCUT2D eigenvalue weighted by Crippen LogP contribution is 2.36. The van der Waals surface area contributed by atoms with E-state index in [0.717, 1.165) is 29.1 Å². The molecule has 0 saturated carbocycles. The maximum Gasteiger partial charge on any atom is 0.138 e. The van der Waals surface area contributed by atoms with Crippen LogP contribution in [0.2, 0.25) is 0 Å². The van der Waals surface area contributed by atoms with Crippen molar-refractivity contribution in [1.29, 1.82) is 0 Å². The zero-order valence-corrected chi connectivity index (χ0v) is 13.0. The van der Waals surface area contributed by atoms with Crippen molar-refractivity contribution in [1.82, 2.24) is 14.9 Å². The number of nitrogens with one attached hydrogen (secondary N) is 1. The second kappa shape index (κ2) is 6.20. The summed E-state index contributed by atoms with van der Waals surface area (Å²) in [6, 6.07) is 10.4. The Hall–Kier alpha value is -1.98. The lowest BCUT2D eigenvalue weighted by molar-refractivity contribution is 0.425. The highest BCUT2D eigenvalue weighted by atomic mass is 32.1. The van der Waals surface area contributed by atoms with Crippen LogP contribution in [0.5, 0.6) is 0 Å². The van der Waals surface area contributed by atoms with Gasteiger partial charge in [-0.05, 0) is 19.7 Å². The SMILES string of the molecule is CN(C)CCNc1ncnc2scc(-c3ccccc3)c12. The first-order chi connectivity index (χ1) is 10.3. The molecule has 2 aromatic heterocycles. The average Bonchev–Trinajstić information content (AvgIpc) is 2.93. The van der Waals surface area contributed by atoms with Crippen molar-refractivity contribution in [3.8, 4) is 11.1 Å².